The minimum Gasteiger partial charge on any atom is -0.492 e. The summed E-state index contributed by atoms with van der Waals surface area (Å²) >= 11 is 0. The Bertz CT molecular complexity index is 422. The Morgan fingerprint density at radius 1 is 1.29 bits per heavy atom. The third-order valence-electron chi connectivity index (χ3n) is 3.72. The molecule has 0 aliphatic carbocycles. The normalized spacial score (nSPS) is 16.6. The first-order valence-corrected chi connectivity index (χ1v) is 7.01. The van der Waals surface area contributed by atoms with E-state index in [9.17, 15) is 4.79 Å². The molecule has 0 aromatic heterocycles. The first-order chi connectivity index (χ1) is 9.77. The highest BCUT2D eigenvalue weighted by Crippen LogP contribution is 2.29. The predicted octanol–water partition coefficient (Wildman–Crippen LogP) is 1.36. The lowest BCUT2D eigenvalue weighted by atomic mass is 9.79. The molecule has 5 nitrogen and oxygen atoms in total. The Balaban J connectivity index is 0.00000220. The van der Waals surface area contributed by atoms with Gasteiger partial charge in [0.05, 0.1) is 12.0 Å². The average molecular weight is 315 g/mol. The van der Waals surface area contributed by atoms with Gasteiger partial charge in [-0.25, -0.2) is 0 Å². The first-order valence-electron chi connectivity index (χ1n) is 7.01. The third kappa shape index (κ3) is 4.88. The van der Waals surface area contributed by atoms with Crippen molar-refractivity contribution in [3.63, 3.8) is 0 Å². The molecule has 0 atom stereocenters. The summed E-state index contributed by atoms with van der Waals surface area (Å²) in [5, 5.41) is 2.91. The minimum atomic E-state index is -0.467. The van der Waals surface area contributed by atoms with E-state index in [-0.39, 0.29) is 18.3 Å². The monoisotopic (exact) mass is 314 g/mol. The largest absolute Gasteiger partial charge is 0.492 e. The highest BCUT2D eigenvalue weighted by atomic mass is 35.5. The van der Waals surface area contributed by atoms with E-state index >= 15 is 0 Å². The van der Waals surface area contributed by atoms with Crippen molar-refractivity contribution in [2.45, 2.75) is 12.8 Å². The Morgan fingerprint density at radius 3 is 2.57 bits per heavy atom. The van der Waals surface area contributed by atoms with Crippen LogP contribution in [0.5, 0.6) is 5.75 Å². The topological polar surface area (TPSA) is 73.6 Å². The molecule has 2 rings (SSSR count). The maximum absolute atomic E-state index is 12.3. The number of nitrogens with one attached hydrogen (secondary N) is 1. The van der Waals surface area contributed by atoms with Crippen LogP contribution in [0.3, 0.4) is 0 Å². The summed E-state index contributed by atoms with van der Waals surface area (Å²) in [6.45, 7) is 2.50. The van der Waals surface area contributed by atoms with Crippen molar-refractivity contribution in [1.82, 2.24) is 5.32 Å². The molecule has 1 amide bonds. The van der Waals surface area contributed by atoms with E-state index in [2.05, 4.69) is 5.32 Å². The van der Waals surface area contributed by atoms with Crippen LogP contribution < -0.4 is 15.8 Å². The highest BCUT2D eigenvalue weighted by molar-refractivity contribution is 5.85. The fraction of sp³-hybridized carbons (Fsp3) is 0.533. The summed E-state index contributed by atoms with van der Waals surface area (Å²) in [5.41, 5.74) is 5.32. The fourth-order valence-corrected chi connectivity index (χ4v) is 2.32. The number of amides is 1. The van der Waals surface area contributed by atoms with Gasteiger partial charge >= 0.3 is 0 Å². The van der Waals surface area contributed by atoms with Crippen LogP contribution in [0.4, 0.5) is 0 Å². The van der Waals surface area contributed by atoms with Gasteiger partial charge in [-0.3, -0.25) is 4.79 Å². The molecule has 1 aromatic carbocycles. The number of ether oxygens (including phenoxy) is 2. The van der Waals surface area contributed by atoms with Gasteiger partial charge in [-0.1, -0.05) is 18.2 Å². The summed E-state index contributed by atoms with van der Waals surface area (Å²) in [6.07, 6.45) is 1.38. The van der Waals surface area contributed by atoms with Gasteiger partial charge in [0.1, 0.15) is 12.4 Å². The van der Waals surface area contributed by atoms with Crippen molar-refractivity contribution in [1.29, 1.82) is 0 Å². The van der Waals surface area contributed by atoms with Crippen LogP contribution in [-0.2, 0) is 9.53 Å². The molecule has 1 saturated heterocycles. The van der Waals surface area contributed by atoms with Crippen molar-refractivity contribution in [2.24, 2.45) is 11.1 Å². The van der Waals surface area contributed by atoms with Crippen LogP contribution in [0.1, 0.15) is 12.8 Å². The standard InChI is InChI=1S/C15H22N2O3.ClH/c16-12-15(6-9-19-10-7-15)14(18)17-8-11-20-13-4-2-1-3-5-13;/h1-5H,6-12,16H2,(H,17,18);1H. The van der Waals surface area contributed by atoms with E-state index in [0.717, 1.165) is 5.75 Å². The van der Waals surface area contributed by atoms with E-state index < -0.39 is 5.41 Å². The number of hydrogen-bond acceptors (Lipinski definition) is 4. The molecule has 0 saturated carbocycles. The van der Waals surface area contributed by atoms with E-state index in [4.69, 9.17) is 15.2 Å². The molecule has 6 heteroatoms. The van der Waals surface area contributed by atoms with Gasteiger partial charge in [-0.2, -0.15) is 0 Å². The molecule has 1 aromatic rings. The Labute approximate surface area is 131 Å². The number of para-hydroxylation sites is 1. The zero-order valence-electron chi connectivity index (χ0n) is 12.0. The number of carbonyl (C=O) groups excluding carboxylic acids is 1. The van der Waals surface area contributed by atoms with Crippen molar-refractivity contribution in [3.8, 4) is 5.75 Å². The van der Waals surface area contributed by atoms with Crippen LogP contribution in [0.15, 0.2) is 30.3 Å². The predicted molar refractivity (Wildman–Crippen MR) is 83.7 cm³/mol. The van der Waals surface area contributed by atoms with E-state index in [0.29, 0.717) is 45.8 Å². The summed E-state index contributed by atoms with van der Waals surface area (Å²) in [6, 6.07) is 9.55. The van der Waals surface area contributed by atoms with Crippen LogP contribution in [-0.4, -0.2) is 38.8 Å². The lowest BCUT2D eigenvalue weighted by molar-refractivity contribution is -0.136. The second-order valence-electron chi connectivity index (χ2n) is 5.01. The number of halogens is 1. The average Bonchev–Trinajstić information content (AvgIpc) is 2.53. The molecular formula is C15H23ClN2O3. The second-order valence-corrected chi connectivity index (χ2v) is 5.01. The molecule has 118 valence electrons. The maximum Gasteiger partial charge on any atom is 0.227 e. The Kier molecular flexibility index (Phi) is 7.50. The van der Waals surface area contributed by atoms with Gasteiger partial charge in [-0.05, 0) is 25.0 Å². The number of carbonyl (C=O) groups is 1. The molecule has 21 heavy (non-hydrogen) atoms. The van der Waals surface area contributed by atoms with E-state index in [1.165, 1.54) is 0 Å². The molecule has 1 aliphatic rings. The highest BCUT2D eigenvalue weighted by Gasteiger charge is 2.38. The third-order valence-corrected chi connectivity index (χ3v) is 3.72. The molecule has 3 N–H and O–H groups in total. The SMILES string of the molecule is Cl.NCC1(C(=O)NCCOc2ccccc2)CCOCC1. The van der Waals surface area contributed by atoms with Crippen LogP contribution in [0.2, 0.25) is 0 Å². The summed E-state index contributed by atoms with van der Waals surface area (Å²) in [5.74, 6) is 0.821. The zero-order chi connectivity index (χ0) is 14.3. The lowest BCUT2D eigenvalue weighted by Gasteiger charge is -2.34. The van der Waals surface area contributed by atoms with Gasteiger partial charge in [0, 0.05) is 19.8 Å². The molecular weight excluding hydrogens is 292 g/mol. The molecule has 0 radical (unpaired) electrons. The van der Waals surface area contributed by atoms with E-state index in [1.54, 1.807) is 0 Å². The maximum atomic E-state index is 12.3. The van der Waals surface area contributed by atoms with Gasteiger partial charge < -0.3 is 20.5 Å². The first kappa shape index (κ1) is 17.8. The van der Waals surface area contributed by atoms with Gasteiger partial charge in [0.15, 0.2) is 0 Å². The Morgan fingerprint density at radius 2 is 1.95 bits per heavy atom. The van der Waals surface area contributed by atoms with Crippen LogP contribution in [0.25, 0.3) is 0 Å². The zero-order valence-corrected chi connectivity index (χ0v) is 12.9. The molecule has 0 bridgehead atoms. The second kappa shape index (κ2) is 8.87. The molecule has 0 unspecified atom stereocenters. The molecule has 1 aliphatic heterocycles. The molecule has 1 heterocycles. The molecule has 1 fully saturated rings. The minimum absolute atomic E-state index is 0. The van der Waals surface area contributed by atoms with Crippen molar-refractivity contribution < 1.29 is 14.3 Å². The number of hydrogen-bond donors (Lipinski definition) is 2. The van der Waals surface area contributed by atoms with Crippen LogP contribution in [0, 0.1) is 5.41 Å². The quantitative estimate of drug-likeness (QED) is 0.778. The smallest absolute Gasteiger partial charge is 0.227 e. The van der Waals surface area contributed by atoms with Crippen molar-refractivity contribution in [3.05, 3.63) is 30.3 Å². The fourth-order valence-electron chi connectivity index (χ4n) is 2.32. The van der Waals surface area contributed by atoms with Gasteiger partial charge in [-0.15, -0.1) is 12.4 Å². The van der Waals surface area contributed by atoms with Gasteiger partial charge in [0.25, 0.3) is 0 Å². The summed E-state index contributed by atoms with van der Waals surface area (Å²) < 4.78 is 10.8. The lowest BCUT2D eigenvalue weighted by Crippen LogP contribution is -2.49. The van der Waals surface area contributed by atoms with Crippen LogP contribution >= 0.6 is 12.4 Å². The summed E-state index contributed by atoms with van der Waals surface area (Å²) in [4.78, 5) is 12.3. The van der Waals surface area contributed by atoms with Gasteiger partial charge in [0.2, 0.25) is 5.91 Å². The molecule has 0 spiro atoms. The van der Waals surface area contributed by atoms with Crippen molar-refractivity contribution in [2.75, 3.05) is 32.9 Å². The van der Waals surface area contributed by atoms with E-state index in [1.807, 2.05) is 30.3 Å². The number of benzene rings is 1. The number of rotatable bonds is 6. The Hall–Kier alpha value is -1.30. The van der Waals surface area contributed by atoms with Crippen molar-refractivity contribution >= 4 is 18.3 Å². The summed E-state index contributed by atoms with van der Waals surface area (Å²) in [7, 11) is 0. The number of nitrogens with two attached hydrogens (primary N) is 1.